The number of amides is 1. The molecule has 0 spiro atoms. The molecule has 2 rings (SSSR count). The minimum absolute atomic E-state index is 0.255. The van der Waals surface area contributed by atoms with Gasteiger partial charge in [-0.25, -0.2) is 0 Å². The number of nitrogens with zero attached hydrogens (tertiary/aromatic N) is 1. The quantitative estimate of drug-likeness (QED) is 0.817. The van der Waals surface area contributed by atoms with Gasteiger partial charge in [0, 0.05) is 33.9 Å². The largest absolute Gasteiger partial charge is 0.399 e. The molecule has 0 saturated heterocycles. The summed E-state index contributed by atoms with van der Waals surface area (Å²) in [7, 11) is 0. The number of halogens is 1. The van der Waals surface area contributed by atoms with Crippen molar-refractivity contribution in [1.82, 2.24) is 4.98 Å². The molecule has 1 aromatic carbocycles. The van der Waals surface area contributed by atoms with E-state index in [0.29, 0.717) is 22.0 Å². The van der Waals surface area contributed by atoms with E-state index in [4.69, 9.17) is 17.3 Å². The molecule has 0 aliphatic heterocycles. The first kappa shape index (κ1) is 12.4. The van der Waals surface area contributed by atoms with Crippen molar-refractivity contribution < 1.29 is 4.79 Å². The van der Waals surface area contributed by atoms with Crippen molar-refractivity contribution in [3.63, 3.8) is 0 Å². The summed E-state index contributed by atoms with van der Waals surface area (Å²) in [6, 6.07) is 8.25. The summed E-state index contributed by atoms with van der Waals surface area (Å²) >= 11 is 5.85. The first-order chi connectivity index (χ1) is 8.54. The number of benzene rings is 1. The van der Waals surface area contributed by atoms with Crippen LogP contribution in [0, 0.1) is 6.92 Å². The van der Waals surface area contributed by atoms with Crippen molar-refractivity contribution in [2.24, 2.45) is 0 Å². The molecule has 5 heteroatoms. The predicted molar refractivity (Wildman–Crippen MR) is 72.8 cm³/mol. The van der Waals surface area contributed by atoms with Crippen molar-refractivity contribution in [2.75, 3.05) is 11.1 Å². The number of nitrogen functional groups attached to an aromatic ring is 1. The average molecular weight is 262 g/mol. The molecule has 1 aromatic heterocycles. The third kappa shape index (κ3) is 2.99. The highest BCUT2D eigenvalue weighted by molar-refractivity contribution is 6.31. The minimum Gasteiger partial charge on any atom is -0.399 e. The monoisotopic (exact) mass is 261 g/mol. The number of pyridine rings is 1. The van der Waals surface area contributed by atoms with Gasteiger partial charge < -0.3 is 11.1 Å². The Morgan fingerprint density at radius 3 is 2.78 bits per heavy atom. The van der Waals surface area contributed by atoms with E-state index in [1.54, 1.807) is 36.5 Å². The summed E-state index contributed by atoms with van der Waals surface area (Å²) < 4.78 is 0. The van der Waals surface area contributed by atoms with E-state index in [-0.39, 0.29) is 5.91 Å². The zero-order chi connectivity index (χ0) is 13.1. The standard InChI is InChI=1S/C13H12ClN3O/c1-8-4-12(2-3-16-8)17-13(18)9-5-10(14)7-11(15)6-9/h2-7H,15H2,1H3,(H,16,17,18). The van der Waals surface area contributed by atoms with Gasteiger partial charge in [0.1, 0.15) is 0 Å². The van der Waals surface area contributed by atoms with E-state index >= 15 is 0 Å². The summed E-state index contributed by atoms with van der Waals surface area (Å²) in [5.41, 5.74) is 8.04. The van der Waals surface area contributed by atoms with E-state index in [9.17, 15) is 4.79 Å². The van der Waals surface area contributed by atoms with Crippen LogP contribution in [0.5, 0.6) is 0 Å². The molecule has 0 saturated carbocycles. The summed E-state index contributed by atoms with van der Waals surface area (Å²) in [6.07, 6.45) is 1.64. The molecule has 0 bridgehead atoms. The zero-order valence-electron chi connectivity index (χ0n) is 9.77. The SMILES string of the molecule is Cc1cc(NC(=O)c2cc(N)cc(Cl)c2)ccn1. The van der Waals surface area contributed by atoms with Gasteiger partial charge in [-0.3, -0.25) is 9.78 Å². The van der Waals surface area contributed by atoms with Gasteiger partial charge in [0.2, 0.25) is 0 Å². The molecule has 18 heavy (non-hydrogen) atoms. The van der Waals surface area contributed by atoms with Crippen LogP contribution < -0.4 is 11.1 Å². The van der Waals surface area contributed by atoms with Gasteiger partial charge in [0.05, 0.1) is 0 Å². The fourth-order valence-corrected chi connectivity index (χ4v) is 1.81. The van der Waals surface area contributed by atoms with Gasteiger partial charge in [-0.2, -0.15) is 0 Å². The third-order valence-electron chi connectivity index (χ3n) is 2.34. The Bertz CT molecular complexity index is 578. The summed E-state index contributed by atoms with van der Waals surface area (Å²) in [5.74, 6) is -0.255. The Morgan fingerprint density at radius 2 is 2.11 bits per heavy atom. The Hall–Kier alpha value is -2.07. The van der Waals surface area contributed by atoms with E-state index in [1.807, 2.05) is 6.92 Å². The molecule has 1 heterocycles. The number of aromatic nitrogens is 1. The van der Waals surface area contributed by atoms with Crippen molar-refractivity contribution in [3.8, 4) is 0 Å². The van der Waals surface area contributed by atoms with Crippen LogP contribution in [-0.2, 0) is 0 Å². The maximum Gasteiger partial charge on any atom is 0.255 e. The average Bonchev–Trinajstić information content (AvgIpc) is 2.27. The highest BCUT2D eigenvalue weighted by Gasteiger charge is 2.08. The van der Waals surface area contributed by atoms with Crippen molar-refractivity contribution in [3.05, 3.63) is 52.8 Å². The first-order valence-electron chi connectivity index (χ1n) is 5.34. The molecule has 0 aliphatic rings. The predicted octanol–water partition coefficient (Wildman–Crippen LogP) is 2.88. The van der Waals surface area contributed by atoms with Gasteiger partial charge in [0.25, 0.3) is 5.91 Å². The minimum atomic E-state index is -0.255. The smallest absolute Gasteiger partial charge is 0.255 e. The molecule has 2 aromatic rings. The van der Waals surface area contributed by atoms with Crippen LogP contribution in [0.1, 0.15) is 16.1 Å². The van der Waals surface area contributed by atoms with Gasteiger partial charge in [-0.15, -0.1) is 0 Å². The topological polar surface area (TPSA) is 68.0 Å². The lowest BCUT2D eigenvalue weighted by atomic mass is 10.2. The molecule has 0 atom stereocenters. The third-order valence-corrected chi connectivity index (χ3v) is 2.56. The van der Waals surface area contributed by atoms with Gasteiger partial charge in [0.15, 0.2) is 0 Å². The van der Waals surface area contributed by atoms with Crippen LogP contribution >= 0.6 is 11.6 Å². The van der Waals surface area contributed by atoms with Gasteiger partial charge >= 0.3 is 0 Å². The maximum absolute atomic E-state index is 12.0. The second-order valence-corrected chi connectivity index (χ2v) is 4.35. The van der Waals surface area contributed by atoms with Crippen molar-refractivity contribution in [1.29, 1.82) is 0 Å². The molecule has 0 radical (unpaired) electrons. The molecule has 0 unspecified atom stereocenters. The lowest BCUT2D eigenvalue weighted by Gasteiger charge is -2.06. The van der Waals surface area contributed by atoms with Crippen LogP contribution in [0.2, 0.25) is 5.02 Å². The van der Waals surface area contributed by atoms with Gasteiger partial charge in [-0.1, -0.05) is 11.6 Å². The number of hydrogen-bond donors (Lipinski definition) is 2. The normalized spacial score (nSPS) is 10.1. The van der Waals surface area contributed by atoms with Crippen molar-refractivity contribution in [2.45, 2.75) is 6.92 Å². The van der Waals surface area contributed by atoms with E-state index in [1.165, 1.54) is 0 Å². The molecule has 3 N–H and O–H groups in total. The molecular formula is C13H12ClN3O. The molecular weight excluding hydrogens is 250 g/mol. The number of rotatable bonds is 2. The Morgan fingerprint density at radius 1 is 1.33 bits per heavy atom. The van der Waals surface area contributed by atoms with Crippen LogP contribution in [0.15, 0.2) is 36.5 Å². The lowest BCUT2D eigenvalue weighted by molar-refractivity contribution is 0.102. The Balaban J connectivity index is 2.22. The van der Waals surface area contributed by atoms with E-state index in [0.717, 1.165) is 5.69 Å². The van der Waals surface area contributed by atoms with Crippen molar-refractivity contribution >= 4 is 28.9 Å². The zero-order valence-corrected chi connectivity index (χ0v) is 10.5. The van der Waals surface area contributed by atoms with E-state index < -0.39 is 0 Å². The van der Waals surface area contributed by atoms with Crippen LogP contribution in [-0.4, -0.2) is 10.9 Å². The fourth-order valence-electron chi connectivity index (χ4n) is 1.57. The van der Waals surface area contributed by atoms with Crippen LogP contribution in [0.25, 0.3) is 0 Å². The van der Waals surface area contributed by atoms with Crippen LogP contribution in [0.3, 0.4) is 0 Å². The lowest BCUT2D eigenvalue weighted by Crippen LogP contribution is -2.12. The summed E-state index contributed by atoms with van der Waals surface area (Å²) in [4.78, 5) is 16.0. The number of carbonyl (C=O) groups is 1. The first-order valence-corrected chi connectivity index (χ1v) is 5.72. The number of hydrogen-bond acceptors (Lipinski definition) is 3. The number of aryl methyl sites for hydroxylation is 1. The second-order valence-electron chi connectivity index (χ2n) is 3.91. The van der Waals surface area contributed by atoms with Gasteiger partial charge in [-0.05, 0) is 37.3 Å². The summed E-state index contributed by atoms with van der Waals surface area (Å²) in [6.45, 7) is 1.85. The highest BCUT2D eigenvalue weighted by Crippen LogP contribution is 2.18. The maximum atomic E-state index is 12.0. The molecule has 1 amide bonds. The summed E-state index contributed by atoms with van der Waals surface area (Å²) in [5, 5.41) is 3.20. The molecule has 0 aliphatic carbocycles. The Kier molecular flexibility index (Phi) is 3.48. The highest BCUT2D eigenvalue weighted by atomic mass is 35.5. The Labute approximate surface area is 110 Å². The fraction of sp³-hybridized carbons (Fsp3) is 0.0769. The number of anilines is 2. The number of nitrogens with two attached hydrogens (primary N) is 1. The second kappa shape index (κ2) is 5.06. The number of nitrogens with one attached hydrogen (secondary N) is 1. The van der Waals surface area contributed by atoms with E-state index in [2.05, 4.69) is 10.3 Å². The number of carbonyl (C=O) groups excluding carboxylic acids is 1. The molecule has 4 nitrogen and oxygen atoms in total. The molecule has 0 fully saturated rings. The van der Waals surface area contributed by atoms with Crippen LogP contribution in [0.4, 0.5) is 11.4 Å². The molecule has 92 valence electrons.